The molecule has 3 aromatic heterocycles. The van der Waals surface area contributed by atoms with Gasteiger partial charge >= 0.3 is 0 Å². The van der Waals surface area contributed by atoms with Crippen LogP contribution in [0.3, 0.4) is 0 Å². The van der Waals surface area contributed by atoms with Crippen molar-refractivity contribution in [1.29, 1.82) is 0 Å². The predicted molar refractivity (Wildman–Crippen MR) is 126 cm³/mol. The van der Waals surface area contributed by atoms with Gasteiger partial charge in [0.05, 0.1) is 25.2 Å². The molecular formula is C20H24ClFN8O5S. The normalized spacial score (nSPS) is 19.3. The first-order valence-corrected chi connectivity index (χ1v) is 12.7. The van der Waals surface area contributed by atoms with Gasteiger partial charge in [0, 0.05) is 19.5 Å². The van der Waals surface area contributed by atoms with Gasteiger partial charge < -0.3 is 14.2 Å². The summed E-state index contributed by atoms with van der Waals surface area (Å²) < 4.78 is 61.1. The van der Waals surface area contributed by atoms with Crippen molar-refractivity contribution in [3.8, 4) is 17.4 Å². The van der Waals surface area contributed by atoms with E-state index < -0.39 is 33.5 Å². The maximum absolute atomic E-state index is 14.4. The fraction of sp³-hybridized carbons (Fsp3) is 0.500. The molecule has 13 nitrogen and oxygen atoms in total. The van der Waals surface area contributed by atoms with Crippen LogP contribution in [0.5, 0.6) is 11.8 Å². The van der Waals surface area contributed by atoms with Crippen molar-refractivity contribution in [3.05, 3.63) is 35.4 Å². The third-order valence-corrected chi connectivity index (χ3v) is 7.76. The molecule has 1 fully saturated rings. The van der Waals surface area contributed by atoms with Crippen LogP contribution in [0.1, 0.15) is 43.4 Å². The average molecular weight is 543 g/mol. The second kappa shape index (κ2) is 10.4. The van der Waals surface area contributed by atoms with E-state index in [1.807, 2.05) is 0 Å². The first-order chi connectivity index (χ1) is 17.2. The molecule has 0 aromatic carbocycles. The lowest BCUT2D eigenvalue weighted by Crippen LogP contribution is -2.34. The van der Waals surface area contributed by atoms with Gasteiger partial charge in [0.2, 0.25) is 27.7 Å². The number of ether oxygens (including phenoxy) is 3. The highest BCUT2D eigenvalue weighted by atomic mass is 35.5. The highest BCUT2D eigenvalue weighted by Crippen LogP contribution is 2.42. The Morgan fingerprint density at radius 1 is 1.08 bits per heavy atom. The van der Waals surface area contributed by atoms with Crippen LogP contribution >= 0.6 is 11.6 Å². The third-order valence-electron chi connectivity index (χ3n) is 5.87. The molecule has 0 spiro atoms. The van der Waals surface area contributed by atoms with E-state index in [1.54, 1.807) is 0 Å². The van der Waals surface area contributed by atoms with Crippen molar-refractivity contribution in [3.63, 3.8) is 0 Å². The SMILES string of the molecule is COc1ncnc(OC)c1-n1c(NS(=O)(=O)[C@@H](C)[C@H](OC)c2ncc(Cl)cn2)nnc1[C@H]1CC[C@H]1F. The van der Waals surface area contributed by atoms with E-state index in [1.165, 1.54) is 51.5 Å². The first kappa shape index (κ1) is 25.9. The average Bonchev–Trinajstić information content (AvgIpc) is 3.24. The van der Waals surface area contributed by atoms with Gasteiger partial charge in [-0.25, -0.2) is 22.8 Å². The van der Waals surface area contributed by atoms with E-state index in [0.29, 0.717) is 12.8 Å². The molecule has 4 atom stereocenters. The number of nitrogens with one attached hydrogen (secondary N) is 1. The summed E-state index contributed by atoms with van der Waals surface area (Å²) in [5.41, 5.74) is 0.122. The lowest BCUT2D eigenvalue weighted by atomic mass is 9.82. The Morgan fingerprint density at radius 3 is 2.22 bits per heavy atom. The van der Waals surface area contributed by atoms with Gasteiger partial charge in [-0.05, 0) is 19.8 Å². The van der Waals surface area contributed by atoms with E-state index in [2.05, 4.69) is 34.9 Å². The van der Waals surface area contributed by atoms with Crippen LogP contribution in [0.4, 0.5) is 10.3 Å². The number of rotatable bonds is 10. The van der Waals surface area contributed by atoms with Crippen LogP contribution in [-0.4, -0.2) is 75.9 Å². The van der Waals surface area contributed by atoms with Gasteiger partial charge in [0.25, 0.3) is 0 Å². The number of hydrogen-bond donors (Lipinski definition) is 1. The number of sulfonamides is 1. The Kier molecular flexibility index (Phi) is 7.51. The predicted octanol–water partition coefficient (Wildman–Crippen LogP) is 2.25. The number of aromatic nitrogens is 7. The van der Waals surface area contributed by atoms with Gasteiger partial charge in [-0.2, -0.15) is 9.97 Å². The Hall–Kier alpha value is -3.17. The molecule has 3 aromatic rings. The molecule has 0 radical (unpaired) electrons. The monoisotopic (exact) mass is 542 g/mol. The van der Waals surface area contributed by atoms with Crippen molar-refractivity contribution in [2.24, 2.45) is 0 Å². The minimum atomic E-state index is -4.19. The van der Waals surface area contributed by atoms with E-state index in [9.17, 15) is 12.8 Å². The molecule has 0 bridgehead atoms. The molecule has 1 aliphatic carbocycles. The number of methoxy groups -OCH3 is 3. The van der Waals surface area contributed by atoms with Crippen molar-refractivity contribution < 1.29 is 27.0 Å². The van der Waals surface area contributed by atoms with Crippen molar-refractivity contribution in [2.75, 3.05) is 26.1 Å². The second-order valence-electron chi connectivity index (χ2n) is 7.93. The molecule has 1 aliphatic rings. The molecule has 0 saturated heterocycles. The number of hydrogen-bond acceptors (Lipinski definition) is 11. The molecule has 1 saturated carbocycles. The minimum absolute atomic E-state index is 0.0514. The molecule has 194 valence electrons. The van der Waals surface area contributed by atoms with Gasteiger partial charge in [-0.15, -0.1) is 10.2 Å². The van der Waals surface area contributed by atoms with Gasteiger partial charge in [-0.1, -0.05) is 11.6 Å². The van der Waals surface area contributed by atoms with E-state index >= 15 is 0 Å². The maximum Gasteiger partial charge on any atom is 0.245 e. The summed E-state index contributed by atoms with van der Waals surface area (Å²) in [5, 5.41) is 7.22. The van der Waals surface area contributed by atoms with Crippen molar-refractivity contribution in [1.82, 2.24) is 34.7 Å². The third kappa shape index (κ3) is 4.77. The fourth-order valence-electron chi connectivity index (χ4n) is 3.77. The van der Waals surface area contributed by atoms with E-state index in [0.717, 1.165) is 0 Å². The van der Waals surface area contributed by atoms with Crippen molar-refractivity contribution >= 4 is 27.6 Å². The minimum Gasteiger partial charge on any atom is -0.479 e. The molecule has 16 heteroatoms. The highest BCUT2D eigenvalue weighted by Gasteiger charge is 2.40. The molecule has 1 N–H and O–H groups in total. The Morgan fingerprint density at radius 2 is 1.72 bits per heavy atom. The molecular weight excluding hydrogens is 519 g/mol. The number of nitrogens with zero attached hydrogens (tertiary/aromatic N) is 7. The molecule has 0 aliphatic heterocycles. The smallest absolute Gasteiger partial charge is 0.245 e. The van der Waals surface area contributed by atoms with Crippen LogP contribution in [0.25, 0.3) is 5.69 Å². The van der Waals surface area contributed by atoms with Gasteiger partial charge in [-0.3, -0.25) is 9.29 Å². The van der Waals surface area contributed by atoms with E-state index in [-0.39, 0.29) is 40.1 Å². The summed E-state index contributed by atoms with van der Waals surface area (Å²) in [7, 11) is -0.111. The standard InChI is InChI=1S/C20H24ClFN8O5S/c1-10(15(33-2)16-23-7-11(21)8-24-16)36(31,32)29-20-28-27-17(12-5-6-13(12)22)30(20)14-18(34-3)25-9-26-19(14)35-4/h7-10,12-13,15H,5-6H2,1-4H3,(H,28,29)/t10-,12-,13+,15-/m0/s1. The number of halogens is 2. The Balaban J connectivity index is 1.78. The van der Waals surface area contributed by atoms with Crippen LogP contribution in [0, 0.1) is 0 Å². The molecule has 0 unspecified atom stereocenters. The summed E-state index contributed by atoms with van der Waals surface area (Å²) >= 11 is 5.84. The molecule has 3 heterocycles. The zero-order valence-corrected chi connectivity index (χ0v) is 21.4. The summed E-state index contributed by atoms with van der Waals surface area (Å²) in [6, 6.07) is 0. The summed E-state index contributed by atoms with van der Waals surface area (Å²) in [5.74, 6) is -0.441. The van der Waals surface area contributed by atoms with Crippen molar-refractivity contribution in [2.45, 2.75) is 43.2 Å². The summed E-state index contributed by atoms with van der Waals surface area (Å²) in [6.07, 6.45) is 2.54. The highest BCUT2D eigenvalue weighted by molar-refractivity contribution is 7.93. The number of alkyl halides is 1. The lowest BCUT2D eigenvalue weighted by Gasteiger charge is -2.30. The second-order valence-corrected chi connectivity index (χ2v) is 10.4. The Labute approximate surface area is 211 Å². The van der Waals surface area contributed by atoms with Crippen LogP contribution in [0.15, 0.2) is 18.7 Å². The Bertz CT molecular complexity index is 1300. The summed E-state index contributed by atoms with van der Waals surface area (Å²) in [4.78, 5) is 16.3. The zero-order chi connectivity index (χ0) is 26.0. The fourth-order valence-corrected chi connectivity index (χ4v) is 5.00. The van der Waals surface area contributed by atoms with Crippen LogP contribution in [0.2, 0.25) is 5.02 Å². The summed E-state index contributed by atoms with van der Waals surface area (Å²) in [6.45, 7) is 1.42. The lowest BCUT2D eigenvalue weighted by molar-refractivity contribution is 0.0950. The molecule has 36 heavy (non-hydrogen) atoms. The quantitative estimate of drug-likeness (QED) is 0.400. The maximum atomic E-state index is 14.4. The first-order valence-electron chi connectivity index (χ1n) is 10.8. The molecule has 0 amide bonds. The van der Waals surface area contributed by atoms with Crippen LogP contribution in [-0.2, 0) is 14.8 Å². The number of anilines is 1. The zero-order valence-electron chi connectivity index (χ0n) is 19.8. The van der Waals surface area contributed by atoms with Crippen LogP contribution < -0.4 is 14.2 Å². The molecule has 4 rings (SSSR count). The largest absolute Gasteiger partial charge is 0.479 e. The van der Waals surface area contributed by atoms with E-state index in [4.69, 9.17) is 25.8 Å². The topological polar surface area (TPSA) is 156 Å². The van der Waals surface area contributed by atoms with Gasteiger partial charge in [0.1, 0.15) is 29.7 Å². The van der Waals surface area contributed by atoms with Gasteiger partial charge in [0.15, 0.2) is 11.5 Å².